The summed E-state index contributed by atoms with van der Waals surface area (Å²) in [6.07, 6.45) is -0.732. The summed E-state index contributed by atoms with van der Waals surface area (Å²) in [5.74, 6) is 0.285. The van der Waals surface area contributed by atoms with E-state index in [-0.39, 0.29) is 11.6 Å². The second-order valence-corrected chi connectivity index (χ2v) is 5.65. The van der Waals surface area contributed by atoms with Crippen molar-refractivity contribution in [3.63, 3.8) is 0 Å². The molecule has 126 valence electrons. The van der Waals surface area contributed by atoms with Crippen LogP contribution < -0.4 is 10.1 Å². The summed E-state index contributed by atoms with van der Waals surface area (Å²) in [6.45, 7) is 7.15. The van der Waals surface area contributed by atoms with Gasteiger partial charge in [0, 0.05) is 6.07 Å². The van der Waals surface area contributed by atoms with E-state index in [4.69, 9.17) is 4.74 Å². The number of hydrogen-bond donors (Lipinski definition) is 1. The fourth-order valence-corrected chi connectivity index (χ4v) is 2.29. The Hall–Kier alpha value is -2.89. The molecule has 1 amide bonds. The zero-order valence-electron chi connectivity index (χ0n) is 14.1. The van der Waals surface area contributed by atoms with Crippen molar-refractivity contribution >= 4 is 17.3 Å². The van der Waals surface area contributed by atoms with Crippen molar-refractivity contribution in [2.24, 2.45) is 0 Å². The Kier molecular flexibility index (Phi) is 5.18. The number of hydrogen-bond acceptors (Lipinski definition) is 4. The van der Waals surface area contributed by atoms with E-state index in [9.17, 15) is 14.9 Å². The second-order valence-electron chi connectivity index (χ2n) is 5.65. The first-order valence-electron chi connectivity index (χ1n) is 7.59. The zero-order chi connectivity index (χ0) is 17.9. The van der Waals surface area contributed by atoms with Crippen LogP contribution >= 0.6 is 0 Å². The lowest BCUT2D eigenvalue weighted by Gasteiger charge is -2.17. The van der Waals surface area contributed by atoms with Crippen molar-refractivity contribution in [1.29, 1.82) is 0 Å². The van der Waals surface area contributed by atoms with Crippen LogP contribution in [0.2, 0.25) is 0 Å². The highest BCUT2D eigenvalue weighted by atomic mass is 16.6. The van der Waals surface area contributed by atoms with Crippen molar-refractivity contribution in [2.75, 3.05) is 5.32 Å². The van der Waals surface area contributed by atoms with Crippen molar-refractivity contribution in [1.82, 2.24) is 0 Å². The van der Waals surface area contributed by atoms with Gasteiger partial charge in [0.15, 0.2) is 6.10 Å². The number of benzene rings is 2. The first kappa shape index (κ1) is 17.5. The number of anilines is 1. The molecule has 0 fully saturated rings. The highest BCUT2D eigenvalue weighted by molar-refractivity contribution is 5.95. The largest absolute Gasteiger partial charge is 0.481 e. The molecule has 1 atom stereocenters. The number of nitro benzene ring substituents is 1. The lowest BCUT2D eigenvalue weighted by Crippen LogP contribution is -2.30. The summed E-state index contributed by atoms with van der Waals surface area (Å²) < 4.78 is 5.73. The predicted octanol–water partition coefficient (Wildman–Crippen LogP) is 3.93. The smallest absolute Gasteiger partial charge is 0.274 e. The maximum absolute atomic E-state index is 12.3. The third-order valence-electron chi connectivity index (χ3n) is 3.99. The molecule has 0 aromatic heterocycles. The number of ether oxygens (including phenoxy) is 1. The highest BCUT2D eigenvalue weighted by Gasteiger charge is 2.19. The Morgan fingerprint density at radius 1 is 1.12 bits per heavy atom. The van der Waals surface area contributed by atoms with Gasteiger partial charge in [-0.25, -0.2) is 0 Å². The number of nitrogens with zero attached hydrogens (tertiary/aromatic N) is 1. The van der Waals surface area contributed by atoms with Crippen molar-refractivity contribution < 1.29 is 14.5 Å². The number of aryl methyl sites for hydroxylation is 1. The molecule has 0 aliphatic carbocycles. The molecule has 0 bridgehead atoms. The van der Waals surface area contributed by atoms with Crippen molar-refractivity contribution in [3.05, 3.63) is 63.2 Å². The van der Waals surface area contributed by atoms with Crippen LogP contribution in [-0.2, 0) is 4.79 Å². The molecule has 0 heterocycles. The molecule has 6 heteroatoms. The van der Waals surface area contributed by atoms with E-state index >= 15 is 0 Å². The van der Waals surface area contributed by atoms with Crippen molar-refractivity contribution in [2.45, 2.75) is 33.8 Å². The van der Waals surface area contributed by atoms with Gasteiger partial charge in [-0.15, -0.1) is 0 Å². The highest BCUT2D eigenvalue weighted by Crippen LogP contribution is 2.26. The SMILES string of the molecule is Cc1cccc(O[C@@H](C)C(=O)Nc2cccc([N+](=O)[O-])c2C)c1C. The van der Waals surface area contributed by atoms with Gasteiger partial charge >= 0.3 is 0 Å². The van der Waals surface area contributed by atoms with Gasteiger partial charge in [-0.2, -0.15) is 0 Å². The molecule has 2 rings (SSSR count). The average molecular weight is 328 g/mol. The van der Waals surface area contributed by atoms with Gasteiger partial charge in [0.1, 0.15) is 5.75 Å². The number of carbonyl (C=O) groups excluding carboxylic acids is 1. The molecule has 0 saturated heterocycles. The Bertz CT molecular complexity index is 787. The first-order valence-corrected chi connectivity index (χ1v) is 7.59. The molecule has 0 radical (unpaired) electrons. The van der Waals surface area contributed by atoms with Crippen LogP contribution in [0.1, 0.15) is 23.6 Å². The number of carbonyl (C=O) groups is 1. The monoisotopic (exact) mass is 328 g/mol. The van der Waals surface area contributed by atoms with Crippen LogP contribution in [0.3, 0.4) is 0 Å². The third-order valence-corrected chi connectivity index (χ3v) is 3.99. The standard InChI is InChI=1S/C18H20N2O4/c1-11-7-5-10-17(12(11)2)24-14(4)18(21)19-15-8-6-9-16(13(15)3)20(22)23/h5-10,14H,1-4H3,(H,19,21)/t14-/m0/s1. The fourth-order valence-electron chi connectivity index (χ4n) is 2.29. The van der Waals surface area contributed by atoms with E-state index in [1.54, 1.807) is 19.9 Å². The number of nitro groups is 1. The quantitative estimate of drug-likeness (QED) is 0.666. The van der Waals surface area contributed by atoms with E-state index in [2.05, 4.69) is 5.32 Å². The van der Waals surface area contributed by atoms with Gasteiger partial charge in [0.2, 0.25) is 0 Å². The second kappa shape index (κ2) is 7.12. The number of rotatable bonds is 5. The molecule has 0 saturated carbocycles. The molecule has 2 aromatic carbocycles. The summed E-state index contributed by atoms with van der Waals surface area (Å²) >= 11 is 0. The van der Waals surface area contributed by atoms with E-state index in [1.165, 1.54) is 12.1 Å². The zero-order valence-corrected chi connectivity index (χ0v) is 14.1. The minimum Gasteiger partial charge on any atom is -0.481 e. The van der Waals surface area contributed by atoms with Crippen LogP contribution in [0, 0.1) is 30.9 Å². The summed E-state index contributed by atoms with van der Waals surface area (Å²) in [5, 5.41) is 13.7. The maximum Gasteiger partial charge on any atom is 0.274 e. The number of nitrogens with one attached hydrogen (secondary N) is 1. The lowest BCUT2D eigenvalue weighted by atomic mass is 10.1. The number of amides is 1. The van der Waals surface area contributed by atoms with E-state index in [0.717, 1.165) is 11.1 Å². The summed E-state index contributed by atoms with van der Waals surface area (Å²) in [7, 11) is 0. The fraction of sp³-hybridized carbons (Fsp3) is 0.278. The topological polar surface area (TPSA) is 81.5 Å². The lowest BCUT2D eigenvalue weighted by molar-refractivity contribution is -0.385. The molecule has 0 aliphatic heterocycles. The van der Waals surface area contributed by atoms with Gasteiger partial charge in [0.05, 0.1) is 16.2 Å². The van der Waals surface area contributed by atoms with Crippen LogP contribution in [0.15, 0.2) is 36.4 Å². The van der Waals surface area contributed by atoms with Gasteiger partial charge < -0.3 is 10.1 Å². The average Bonchev–Trinajstić information content (AvgIpc) is 2.53. The summed E-state index contributed by atoms with van der Waals surface area (Å²) in [5.41, 5.74) is 2.84. The Morgan fingerprint density at radius 2 is 1.79 bits per heavy atom. The van der Waals surface area contributed by atoms with Gasteiger partial charge in [-0.1, -0.05) is 18.2 Å². The molecular formula is C18H20N2O4. The third kappa shape index (κ3) is 3.71. The molecule has 0 spiro atoms. The minimum atomic E-state index is -0.732. The summed E-state index contributed by atoms with van der Waals surface area (Å²) in [6, 6.07) is 10.2. The van der Waals surface area contributed by atoms with E-state index in [1.807, 2.05) is 32.0 Å². The van der Waals surface area contributed by atoms with Gasteiger partial charge in [0.25, 0.3) is 11.6 Å². The van der Waals surface area contributed by atoms with Gasteiger partial charge in [-0.3, -0.25) is 14.9 Å². The van der Waals surface area contributed by atoms with Crippen LogP contribution in [-0.4, -0.2) is 16.9 Å². The Labute approximate surface area is 140 Å². The van der Waals surface area contributed by atoms with E-state index < -0.39 is 11.0 Å². The maximum atomic E-state index is 12.3. The summed E-state index contributed by atoms with van der Waals surface area (Å²) in [4.78, 5) is 22.8. The predicted molar refractivity (Wildman–Crippen MR) is 92.5 cm³/mol. The molecule has 24 heavy (non-hydrogen) atoms. The normalized spacial score (nSPS) is 11.7. The molecule has 6 nitrogen and oxygen atoms in total. The van der Waals surface area contributed by atoms with Crippen LogP contribution in [0.25, 0.3) is 0 Å². The van der Waals surface area contributed by atoms with E-state index in [0.29, 0.717) is 17.0 Å². The van der Waals surface area contributed by atoms with Crippen molar-refractivity contribution in [3.8, 4) is 5.75 Å². The first-order chi connectivity index (χ1) is 11.3. The molecule has 1 N–H and O–H groups in total. The van der Waals surface area contributed by atoms with Crippen LogP contribution in [0.5, 0.6) is 5.75 Å². The Morgan fingerprint density at radius 3 is 2.46 bits per heavy atom. The molecule has 0 unspecified atom stereocenters. The molecule has 2 aromatic rings. The van der Waals surface area contributed by atoms with Gasteiger partial charge in [-0.05, 0) is 51.0 Å². The molecule has 0 aliphatic rings. The minimum absolute atomic E-state index is 0.0316. The molecular weight excluding hydrogens is 308 g/mol. The Balaban J connectivity index is 2.14. The van der Waals surface area contributed by atoms with Crippen LogP contribution in [0.4, 0.5) is 11.4 Å².